The van der Waals surface area contributed by atoms with Gasteiger partial charge in [0.05, 0.1) is 0 Å². The van der Waals surface area contributed by atoms with E-state index in [1.54, 1.807) is 0 Å². The van der Waals surface area contributed by atoms with Crippen molar-refractivity contribution in [2.75, 3.05) is 0 Å². The van der Waals surface area contributed by atoms with E-state index in [9.17, 15) is 9.13 Å². The van der Waals surface area contributed by atoms with Crippen molar-refractivity contribution >= 4 is 86.9 Å². The topological polar surface area (TPSA) is 34.1 Å². The zero-order valence-corrected chi connectivity index (χ0v) is 30.3. The third kappa shape index (κ3) is 8.47. The van der Waals surface area contributed by atoms with E-state index >= 15 is 0 Å². The molecular formula is C36H30CoI2O2P2. The molecular weight excluding hydrogens is 839 g/mol. The molecule has 0 radical (unpaired) electrons. The van der Waals surface area contributed by atoms with Crippen LogP contribution in [0.3, 0.4) is 0 Å². The van der Waals surface area contributed by atoms with Crippen molar-refractivity contribution in [3.63, 3.8) is 0 Å². The van der Waals surface area contributed by atoms with Crippen molar-refractivity contribution in [1.82, 2.24) is 0 Å². The molecule has 219 valence electrons. The molecule has 0 amide bonds. The Balaban J connectivity index is 0.000000181. The monoisotopic (exact) mass is 869 g/mol. The first-order valence-electron chi connectivity index (χ1n) is 13.4. The molecule has 6 aromatic carbocycles. The van der Waals surface area contributed by atoms with Gasteiger partial charge >= 0.3 is 49.1 Å². The van der Waals surface area contributed by atoms with Gasteiger partial charge in [0.1, 0.15) is 0 Å². The maximum atomic E-state index is 13.8. The van der Waals surface area contributed by atoms with Gasteiger partial charge in [0.25, 0.3) is 0 Å². The third-order valence-electron chi connectivity index (χ3n) is 6.72. The molecule has 0 aliphatic carbocycles. The summed E-state index contributed by atoms with van der Waals surface area (Å²) in [5, 5.41) is 5.24. The standard InChI is InChI=1S/2C18H15OP.Co.2HI/c2*19-20(16-10-4-1-5-11-16,17-12-6-2-7-13-17)18-14-8-3-9-15-18;;;/h2*1-15H;;2*1H/q;;+2;;/p-2. The molecule has 0 aromatic heterocycles. The van der Waals surface area contributed by atoms with Crippen molar-refractivity contribution in [2.24, 2.45) is 0 Å². The van der Waals surface area contributed by atoms with Crippen LogP contribution in [-0.4, -0.2) is 0 Å². The molecule has 0 aliphatic rings. The number of hydrogen-bond acceptors (Lipinski definition) is 2. The molecule has 0 aliphatic heterocycles. The first kappa shape index (κ1) is 33.6. The van der Waals surface area contributed by atoms with Gasteiger partial charge in [0, 0.05) is 31.8 Å². The Hall–Kier alpha value is -2.25. The molecule has 0 bridgehead atoms. The fourth-order valence-electron chi connectivity index (χ4n) is 4.72. The third-order valence-corrected chi connectivity index (χ3v) is 12.9. The van der Waals surface area contributed by atoms with Gasteiger partial charge < -0.3 is 9.13 Å². The number of benzene rings is 6. The molecule has 0 unspecified atom stereocenters. The Morgan fingerprint density at radius 3 is 0.535 bits per heavy atom. The van der Waals surface area contributed by atoms with Crippen molar-refractivity contribution in [1.29, 1.82) is 0 Å². The van der Waals surface area contributed by atoms with Gasteiger partial charge in [-0.25, -0.2) is 0 Å². The van der Waals surface area contributed by atoms with E-state index in [0.717, 1.165) is 31.8 Å². The summed E-state index contributed by atoms with van der Waals surface area (Å²) in [7, 11) is -4.18. The summed E-state index contributed by atoms with van der Waals surface area (Å²) < 4.78 is 27.6. The average molecular weight is 869 g/mol. The minimum atomic E-state index is -2.78. The number of rotatable bonds is 6. The number of hydrogen-bond donors (Lipinski definition) is 0. The minimum absolute atomic E-state index is 0.873. The fraction of sp³-hybridized carbons (Fsp3) is 0. The molecule has 2 nitrogen and oxygen atoms in total. The number of halogens is 2. The van der Waals surface area contributed by atoms with E-state index in [4.69, 9.17) is 0 Å². The SMILES string of the molecule is O=P(c1ccccc1)(c1ccccc1)c1ccccc1.O=P(c1ccccc1)(c1ccccc1)c1ccccc1.[I][Co][I]. The van der Waals surface area contributed by atoms with Gasteiger partial charge in [0.2, 0.25) is 0 Å². The summed E-state index contributed by atoms with van der Waals surface area (Å²) in [5.74, 6) is 0. The Kier molecular flexibility index (Phi) is 13.5. The van der Waals surface area contributed by atoms with Crippen LogP contribution in [0.2, 0.25) is 0 Å². The first-order chi connectivity index (χ1) is 21.0. The van der Waals surface area contributed by atoms with Crippen LogP contribution in [0.15, 0.2) is 182 Å². The van der Waals surface area contributed by atoms with E-state index in [0.29, 0.717) is 0 Å². The molecule has 0 fully saturated rings. The van der Waals surface area contributed by atoms with Crippen LogP contribution in [0.25, 0.3) is 0 Å². The van der Waals surface area contributed by atoms with Crippen molar-refractivity contribution in [3.05, 3.63) is 182 Å². The van der Waals surface area contributed by atoms with Crippen LogP contribution < -0.4 is 31.8 Å². The second kappa shape index (κ2) is 17.3. The molecule has 0 atom stereocenters. The van der Waals surface area contributed by atoms with Gasteiger partial charge in [-0.1, -0.05) is 182 Å². The molecule has 0 saturated heterocycles. The molecule has 0 N–H and O–H groups in total. The molecule has 6 aromatic rings. The summed E-state index contributed by atoms with van der Waals surface area (Å²) >= 11 is 4.49. The second-order valence-corrected chi connectivity index (χ2v) is 23.6. The Bertz CT molecular complexity index is 1400. The van der Waals surface area contributed by atoms with Crippen molar-refractivity contribution < 1.29 is 17.4 Å². The summed E-state index contributed by atoms with van der Waals surface area (Å²) in [6.07, 6.45) is 0. The molecule has 6 rings (SSSR count). The normalized spacial score (nSPS) is 10.9. The van der Waals surface area contributed by atoms with Crippen molar-refractivity contribution in [3.8, 4) is 0 Å². The van der Waals surface area contributed by atoms with Crippen LogP contribution in [0.5, 0.6) is 0 Å². The van der Waals surface area contributed by atoms with Gasteiger partial charge in [-0.15, -0.1) is 0 Å². The predicted octanol–water partition coefficient (Wildman–Crippen LogP) is 8.42. The van der Waals surface area contributed by atoms with Crippen molar-refractivity contribution in [2.45, 2.75) is 0 Å². The summed E-state index contributed by atoms with van der Waals surface area (Å²) in [6.45, 7) is 0. The maximum absolute atomic E-state index is 13.8. The van der Waals surface area contributed by atoms with Gasteiger partial charge in [0.15, 0.2) is 14.3 Å². The molecule has 0 saturated carbocycles. The van der Waals surface area contributed by atoms with Gasteiger partial charge in [-0.3, -0.25) is 0 Å². The molecule has 7 heteroatoms. The van der Waals surface area contributed by atoms with Crippen LogP contribution in [0.1, 0.15) is 0 Å². The van der Waals surface area contributed by atoms with Crippen LogP contribution in [0, 0.1) is 0 Å². The van der Waals surface area contributed by atoms with Crippen LogP contribution in [0.4, 0.5) is 0 Å². The Labute approximate surface area is 283 Å². The Morgan fingerprint density at radius 2 is 0.419 bits per heavy atom. The van der Waals surface area contributed by atoms with Crippen LogP contribution >= 0.6 is 55.1 Å². The van der Waals surface area contributed by atoms with Gasteiger partial charge in [-0.2, -0.15) is 0 Å². The average Bonchev–Trinajstić information content (AvgIpc) is 3.10. The van der Waals surface area contributed by atoms with E-state index in [-0.39, 0.29) is 0 Å². The molecule has 43 heavy (non-hydrogen) atoms. The van der Waals surface area contributed by atoms with Gasteiger partial charge in [-0.05, 0) is 0 Å². The van der Waals surface area contributed by atoms with E-state index in [1.165, 1.54) is 8.26 Å². The zero-order valence-electron chi connectivity index (χ0n) is 23.1. The summed E-state index contributed by atoms with van der Waals surface area (Å²) in [5.41, 5.74) is 0. The molecule has 0 heterocycles. The second-order valence-electron chi connectivity index (χ2n) is 9.28. The fourth-order valence-corrected chi connectivity index (χ4v) is 10.1. The summed E-state index contributed by atoms with van der Waals surface area (Å²) in [6, 6.07) is 58.3. The van der Waals surface area contributed by atoms with E-state index in [2.05, 4.69) is 40.8 Å². The predicted molar refractivity (Wildman–Crippen MR) is 200 cm³/mol. The first-order valence-corrected chi connectivity index (χ1v) is 23.6. The Morgan fingerprint density at radius 1 is 0.302 bits per heavy atom. The van der Waals surface area contributed by atoms with E-state index < -0.39 is 14.3 Å². The van der Waals surface area contributed by atoms with E-state index in [1.807, 2.05) is 182 Å². The molecule has 0 spiro atoms. The zero-order chi connectivity index (χ0) is 30.4. The summed E-state index contributed by atoms with van der Waals surface area (Å²) in [4.78, 5) is 0. The van der Waals surface area contributed by atoms with Crippen LogP contribution in [-0.2, 0) is 17.4 Å². The quantitative estimate of drug-likeness (QED) is 0.125.